The van der Waals surface area contributed by atoms with Crippen LogP contribution in [0.3, 0.4) is 0 Å². The fraction of sp³-hybridized carbons (Fsp3) is 0.300. The molecule has 0 bridgehead atoms. The van der Waals surface area contributed by atoms with Crippen LogP contribution in [0.5, 0.6) is 0 Å². The van der Waals surface area contributed by atoms with Crippen molar-refractivity contribution in [3.63, 3.8) is 0 Å². The van der Waals surface area contributed by atoms with Crippen LogP contribution >= 0.6 is 27.3 Å². The monoisotopic (exact) mass is 314 g/mol. The van der Waals surface area contributed by atoms with Crippen molar-refractivity contribution in [2.75, 3.05) is 6.54 Å². The minimum atomic E-state index is -0.0294. The highest BCUT2D eigenvalue weighted by Crippen LogP contribution is 2.21. The molecular weight excluding hydrogens is 304 g/mol. The number of carbonyl (C=O) groups is 1. The molecule has 2 rings (SSSR count). The van der Waals surface area contributed by atoms with Crippen LogP contribution in [0.2, 0.25) is 0 Å². The van der Waals surface area contributed by atoms with Crippen molar-refractivity contribution in [2.45, 2.75) is 12.8 Å². The van der Waals surface area contributed by atoms with Gasteiger partial charge in [0.2, 0.25) is 0 Å². The van der Waals surface area contributed by atoms with E-state index in [1.165, 1.54) is 17.7 Å². The molecule has 0 saturated carbocycles. The van der Waals surface area contributed by atoms with E-state index in [1.54, 1.807) is 6.07 Å². The number of carbonyl (C=O) groups excluding carboxylic acids is 1. The van der Waals surface area contributed by atoms with Gasteiger partial charge in [-0.05, 0) is 34.5 Å². The molecule has 0 spiro atoms. The standard InChI is InChI=1S/C10H11BrN4OS/c11-8-4-3-7(17-8)10(16)12-5-1-2-9-13-6-14-15-9/h3-4,6H,1-2,5H2,(H,12,16)(H,13,14,15). The molecule has 90 valence electrons. The molecule has 2 aromatic heterocycles. The molecule has 1 amide bonds. The zero-order valence-corrected chi connectivity index (χ0v) is 11.3. The predicted octanol–water partition coefficient (Wildman–Crippen LogP) is 1.99. The molecule has 2 N–H and O–H groups in total. The van der Waals surface area contributed by atoms with Crippen LogP contribution in [-0.2, 0) is 6.42 Å². The number of aromatic amines is 1. The molecule has 5 nitrogen and oxygen atoms in total. The Morgan fingerprint density at radius 2 is 2.41 bits per heavy atom. The number of H-pyrrole nitrogens is 1. The van der Waals surface area contributed by atoms with Crippen LogP contribution in [-0.4, -0.2) is 27.6 Å². The van der Waals surface area contributed by atoms with E-state index in [0.717, 1.165) is 27.3 Å². The maximum Gasteiger partial charge on any atom is 0.261 e. The summed E-state index contributed by atoms with van der Waals surface area (Å²) in [6.07, 6.45) is 3.11. The number of thiophene rings is 1. The second-order valence-corrected chi connectivity index (χ2v) is 5.86. The van der Waals surface area contributed by atoms with E-state index in [1.807, 2.05) is 6.07 Å². The lowest BCUT2D eigenvalue weighted by Crippen LogP contribution is -2.23. The summed E-state index contributed by atoms with van der Waals surface area (Å²) in [7, 11) is 0. The Bertz CT molecular complexity index is 482. The van der Waals surface area contributed by atoms with Gasteiger partial charge in [0, 0.05) is 13.0 Å². The van der Waals surface area contributed by atoms with Gasteiger partial charge in [0.05, 0.1) is 8.66 Å². The van der Waals surface area contributed by atoms with E-state index in [2.05, 4.69) is 36.4 Å². The first kappa shape index (κ1) is 12.3. The van der Waals surface area contributed by atoms with E-state index in [-0.39, 0.29) is 5.91 Å². The van der Waals surface area contributed by atoms with E-state index < -0.39 is 0 Å². The third kappa shape index (κ3) is 3.64. The Kier molecular flexibility index (Phi) is 4.27. The topological polar surface area (TPSA) is 70.7 Å². The molecule has 0 unspecified atom stereocenters. The Morgan fingerprint density at radius 3 is 3.06 bits per heavy atom. The van der Waals surface area contributed by atoms with E-state index in [0.29, 0.717) is 6.54 Å². The largest absolute Gasteiger partial charge is 0.351 e. The van der Waals surface area contributed by atoms with Crippen molar-refractivity contribution in [1.82, 2.24) is 20.5 Å². The quantitative estimate of drug-likeness (QED) is 0.829. The predicted molar refractivity (Wildman–Crippen MR) is 69.1 cm³/mol. The van der Waals surface area contributed by atoms with Gasteiger partial charge in [-0.2, -0.15) is 5.10 Å². The van der Waals surface area contributed by atoms with Gasteiger partial charge in [-0.3, -0.25) is 9.89 Å². The normalized spacial score (nSPS) is 10.4. The Morgan fingerprint density at radius 1 is 1.53 bits per heavy atom. The van der Waals surface area contributed by atoms with E-state index >= 15 is 0 Å². The highest BCUT2D eigenvalue weighted by molar-refractivity contribution is 9.11. The highest BCUT2D eigenvalue weighted by atomic mass is 79.9. The van der Waals surface area contributed by atoms with Crippen molar-refractivity contribution >= 4 is 33.2 Å². The van der Waals surface area contributed by atoms with Crippen molar-refractivity contribution in [3.05, 3.63) is 32.9 Å². The maximum absolute atomic E-state index is 11.7. The second kappa shape index (κ2) is 5.92. The molecule has 0 fully saturated rings. The first-order valence-electron chi connectivity index (χ1n) is 5.13. The molecule has 7 heteroatoms. The average Bonchev–Trinajstić information content (AvgIpc) is 2.95. The molecule has 2 heterocycles. The fourth-order valence-electron chi connectivity index (χ4n) is 1.33. The van der Waals surface area contributed by atoms with Gasteiger partial charge >= 0.3 is 0 Å². The SMILES string of the molecule is O=C(NCCCc1ncn[nH]1)c1ccc(Br)s1. The molecule has 17 heavy (non-hydrogen) atoms. The maximum atomic E-state index is 11.7. The zero-order chi connectivity index (χ0) is 12.1. The van der Waals surface area contributed by atoms with Crippen LogP contribution in [0.1, 0.15) is 21.9 Å². The summed E-state index contributed by atoms with van der Waals surface area (Å²) in [4.78, 5) is 16.4. The molecular formula is C10H11BrN4OS. The molecule has 0 aromatic carbocycles. The lowest BCUT2D eigenvalue weighted by Gasteiger charge is -2.01. The van der Waals surface area contributed by atoms with E-state index in [4.69, 9.17) is 0 Å². The van der Waals surface area contributed by atoms with Crippen molar-refractivity contribution < 1.29 is 4.79 Å². The molecule has 0 aliphatic heterocycles. The van der Waals surface area contributed by atoms with E-state index in [9.17, 15) is 4.79 Å². The van der Waals surface area contributed by atoms with Crippen LogP contribution in [0.4, 0.5) is 0 Å². The fourth-order valence-corrected chi connectivity index (χ4v) is 2.63. The third-order valence-corrected chi connectivity index (χ3v) is 3.76. The number of aryl methyl sites for hydroxylation is 1. The van der Waals surface area contributed by atoms with Crippen molar-refractivity contribution in [2.24, 2.45) is 0 Å². The number of rotatable bonds is 5. The van der Waals surface area contributed by atoms with Gasteiger partial charge < -0.3 is 5.32 Å². The summed E-state index contributed by atoms with van der Waals surface area (Å²) in [5, 5.41) is 9.40. The van der Waals surface area contributed by atoms with Crippen LogP contribution in [0, 0.1) is 0 Å². The number of nitrogens with zero attached hydrogens (tertiary/aromatic N) is 2. The number of hydrogen-bond donors (Lipinski definition) is 2. The summed E-state index contributed by atoms with van der Waals surface area (Å²) in [6, 6.07) is 3.68. The molecule has 2 aromatic rings. The van der Waals surface area contributed by atoms with Gasteiger partial charge in [0.25, 0.3) is 5.91 Å². The Labute approximate surface area is 111 Å². The minimum Gasteiger partial charge on any atom is -0.351 e. The summed E-state index contributed by atoms with van der Waals surface area (Å²) in [6.45, 7) is 0.634. The number of halogens is 1. The number of aromatic nitrogens is 3. The van der Waals surface area contributed by atoms with Crippen LogP contribution in [0.15, 0.2) is 22.2 Å². The summed E-state index contributed by atoms with van der Waals surface area (Å²) >= 11 is 4.76. The summed E-state index contributed by atoms with van der Waals surface area (Å²) in [5.74, 6) is 0.816. The highest BCUT2D eigenvalue weighted by Gasteiger charge is 2.07. The average molecular weight is 315 g/mol. The zero-order valence-electron chi connectivity index (χ0n) is 8.94. The van der Waals surface area contributed by atoms with Crippen LogP contribution < -0.4 is 5.32 Å². The van der Waals surface area contributed by atoms with Crippen LogP contribution in [0.25, 0.3) is 0 Å². The number of hydrogen-bond acceptors (Lipinski definition) is 4. The Balaban J connectivity index is 1.70. The lowest BCUT2D eigenvalue weighted by atomic mass is 10.3. The van der Waals surface area contributed by atoms with Gasteiger partial charge in [-0.15, -0.1) is 11.3 Å². The molecule has 0 atom stereocenters. The third-order valence-electron chi connectivity index (χ3n) is 2.14. The van der Waals surface area contributed by atoms with Gasteiger partial charge in [0.15, 0.2) is 0 Å². The molecule has 0 radical (unpaired) electrons. The molecule has 0 saturated heterocycles. The number of amides is 1. The first-order valence-corrected chi connectivity index (χ1v) is 6.74. The minimum absolute atomic E-state index is 0.0294. The Hall–Kier alpha value is -1.21. The van der Waals surface area contributed by atoms with Crippen molar-refractivity contribution in [1.29, 1.82) is 0 Å². The summed E-state index contributed by atoms with van der Waals surface area (Å²) in [5.41, 5.74) is 0. The van der Waals surface area contributed by atoms with Gasteiger partial charge in [0.1, 0.15) is 12.2 Å². The molecule has 0 aliphatic carbocycles. The lowest BCUT2D eigenvalue weighted by molar-refractivity contribution is 0.0957. The second-order valence-electron chi connectivity index (χ2n) is 3.40. The first-order chi connectivity index (χ1) is 8.25. The number of nitrogens with one attached hydrogen (secondary N) is 2. The van der Waals surface area contributed by atoms with Gasteiger partial charge in [-0.1, -0.05) is 0 Å². The smallest absolute Gasteiger partial charge is 0.261 e. The molecule has 0 aliphatic rings. The summed E-state index contributed by atoms with van der Waals surface area (Å²) < 4.78 is 0.962. The van der Waals surface area contributed by atoms with Crippen molar-refractivity contribution in [3.8, 4) is 0 Å². The van der Waals surface area contributed by atoms with Gasteiger partial charge in [-0.25, -0.2) is 4.98 Å².